The standard InChI is InChI=1S/C16H22N2S/c1-5-16(2,3)13-8-6-12(7-9-13)14-11-19-15(18-14)10-17-4/h6-9,11,17H,5,10H2,1-4H3. The van der Waals surface area contributed by atoms with Crippen molar-refractivity contribution in [2.75, 3.05) is 7.05 Å². The SMILES string of the molecule is CCC(C)(C)c1ccc(-c2csc(CNC)n2)cc1. The molecule has 0 atom stereocenters. The molecule has 1 heterocycles. The maximum Gasteiger partial charge on any atom is 0.107 e. The lowest BCUT2D eigenvalue weighted by Gasteiger charge is -2.23. The van der Waals surface area contributed by atoms with Gasteiger partial charge in [0.2, 0.25) is 0 Å². The molecule has 0 amide bonds. The van der Waals surface area contributed by atoms with Crippen LogP contribution in [0.5, 0.6) is 0 Å². The molecule has 0 unspecified atom stereocenters. The number of nitrogens with one attached hydrogen (secondary N) is 1. The van der Waals surface area contributed by atoms with Gasteiger partial charge < -0.3 is 5.32 Å². The molecule has 102 valence electrons. The van der Waals surface area contributed by atoms with Crippen LogP contribution < -0.4 is 5.32 Å². The van der Waals surface area contributed by atoms with Gasteiger partial charge >= 0.3 is 0 Å². The molecule has 0 bridgehead atoms. The number of aromatic nitrogens is 1. The predicted octanol–water partition coefficient (Wildman–Crippen LogP) is 4.22. The van der Waals surface area contributed by atoms with E-state index in [2.05, 4.69) is 60.7 Å². The second kappa shape index (κ2) is 5.85. The molecular weight excluding hydrogens is 252 g/mol. The molecule has 0 aliphatic heterocycles. The molecule has 0 spiro atoms. The summed E-state index contributed by atoms with van der Waals surface area (Å²) in [5.41, 5.74) is 3.92. The highest BCUT2D eigenvalue weighted by molar-refractivity contribution is 7.09. The van der Waals surface area contributed by atoms with Crippen LogP contribution in [0.25, 0.3) is 11.3 Å². The number of hydrogen-bond donors (Lipinski definition) is 1. The van der Waals surface area contributed by atoms with Crippen molar-refractivity contribution in [1.29, 1.82) is 0 Å². The Morgan fingerprint density at radius 1 is 1.21 bits per heavy atom. The minimum Gasteiger partial charge on any atom is -0.314 e. The lowest BCUT2D eigenvalue weighted by Crippen LogP contribution is -2.14. The molecule has 19 heavy (non-hydrogen) atoms. The van der Waals surface area contributed by atoms with Gasteiger partial charge in [-0.25, -0.2) is 4.98 Å². The Morgan fingerprint density at radius 2 is 1.89 bits per heavy atom. The molecule has 3 heteroatoms. The van der Waals surface area contributed by atoms with Crippen LogP contribution in [0, 0.1) is 0 Å². The van der Waals surface area contributed by atoms with Crippen molar-refractivity contribution in [3.63, 3.8) is 0 Å². The molecule has 2 rings (SSSR count). The zero-order chi connectivity index (χ0) is 13.9. The van der Waals surface area contributed by atoms with Crippen LogP contribution in [0.2, 0.25) is 0 Å². The van der Waals surface area contributed by atoms with E-state index in [-0.39, 0.29) is 5.41 Å². The Bertz CT molecular complexity index is 526. The second-order valence-electron chi connectivity index (χ2n) is 5.47. The van der Waals surface area contributed by atoms with Gasteiger partial charge in [-0.1, -0.05) is 45.0 Å². The highest BCUT2D eigenvalue weighted by Gasteiger charge is 2.17. The van der Waals surface area contributed by atoms with Crippen molar-refractivity contribution in [2.24, 2.45) is 0 Å². The second-order valence-corrected chi connectivity index (χ2v) is 6.41. The van der Waals surface area contributed by atoms with Crippen LogP contribution in [-0.2, 0) is 12.0 Å². The number of thiazole rings is 1. The fraction of sp³-hybridized carbons (Fsp3) is 0.438. The molecule has 2 nitrogen and oxygen atoms in total. The largest absolute Gasteiger partial charge is 0.314 e. The fourth-order valence-electron chi connectivity index (χ4n) is 1.97. The number of hydrogen-bond acceptors (Lipinski definition) is 3. The third-order valence-corrected chi connectivity index (χ3v) is 4.57. The maximum absolute atomic E-state index is 4.64. The van der Waals surface area contributed by atoms with Crippen LogP contribution in [0.4, 0.5) is 0 Å². The van der Waals surface area contributed by atoms with Gasteiger partial charge in [-0.15, -0.1) is 11.3 Å². The van der Waals surface area contributed by atoms with E-state index in [1.54, 1.807) is 11.3 Å². The maximum atomic E-state index is 4.64. The van der Waals surface area contributed by atoms with E-state index in [4.69, 9.17) is 0 Å². The normalized spacial score (nSPS) is 11.8. The molecule has 1 aromatic heterocycles. The molecule has 2 aromatic rings. The molecule has 0 radical (unpaired) electrons. The predicted molar refractivity (Wildman–Crippen MR) is 83.6 cm³/mol. The third-order valence-electron chi connectivity index (χ3n) is 3.73. The van der Waals surface area contributed by atoms with E-state index in [0.717, 1.165) is 23.7 Å². The first-order chi connectivity index (χ1) is 9.06. The number of nitrogens with zero attached hydrogens (tertiary/aromatic N) is 1. The average molecular weight is 274 g/mol. The van der Waals surface area contributed by atoms with E-state index in [9.17, 15) is 0 Å². The van der Waals surface area contributed by atoms with E-state index in [1.807, 2.05) is 7.05 Å². The average Bonchev–Trinajstić information content (AvgIpc) is 2.88. The summed E-state index contributed by atoms with van der Waals surface area (Å²) in [5, 5.41) is 6.40. The van der Waals surface area contributed by atoms with Crippen LogP contribution in [0.15, 0.2) is 29.6 Å². The molecule has 1 N–H and O–H groups in total. The van der Waals surface area contributed by atoms with Gasteiger partial charge in [0.25, 0.3) is 0 Å². The minimum atomic E-state index is 0.248. The van der Waals surface area contributed by atoms with E-state index in [1.165, 1.54) is 11.1 Å². The first kappa shape index (κ1) is 14.2. The van der Waals surface area contributed by atoms with Gasteiger partial charge in [0.1, 0.15) is 5.01 Å². The summed E-state index contributed by atoms with van der Waals surface area (Å²) in [4.78, 5) is 4.64. The summed E-state index contributed by atoms with van der Waals surface area (Å²) >= 11 is 1.71. The quantitative estimate of drug-likeness (QED) is 0.883. The Labute approximate surface area is 119 Å². The summed E-state index contributed by atoms with van der Waals surface area (Å²) < 4.78 is 0. The summed E-state index contributed by atoms with van der Waals surface area (Å²) in [6, 6.07) is 8.84. The summed E-state index contributed by atoms with van der Waals surface area (Å²) in [6.07, 6.45) is 1.15. The van der Waals surface area contributed by atoms with E-state index in [0.29, 0.717) is 0 Å². The van der Waals surface area contributed by atoms with Gasteiger partial charge in [-0.3, -0.25) is 0 Å². The topological polar surface area (TPSA) is 24.9 Å². The molecule has 0 aliphatic carbocycles. The van der Waals surface area contributed by atoms with Crippen molar-refractivity contribution in [2.45, 2.75) is 39.2 Å². The molecule has 0 fully saturated rings. The molecular formula is C16H22N2S. The van der Waals surface area contributed by atoms with Crippen molar-refractivity contribution in [3.05, 3.63) is 40.2 Å². The zero-order valence-corrected chi connectivity index (χ0v) is 13.0. The van der Waals surface area contributed by atoms with Gasteiger partial charge in [0, 0.05) is 17.5 Å². The van der Waals surface area contributed by atoms with Gasteiger partial charge in [0.05, 0.1) is 5.69 Å². The molecule has 0 aliphatic rings. The summed E-state index contributed by atoms with van der Waals surface area (Å²) in [5.74, 6) is 0. The minimum absolute atomic E-state index is 0.248. The molecule has 1 aromatic carbocycles. The highest BCUT2D eigenvalue weighted by Crippen LogP contribution is 2.29. The van der Waals surface area contributed by atoms with E-state index < -0.39 is 0 Å². The lowest BCUT2D eigenvalue weighted by atomic mass is 9.82. The van der Waals surface area contributed by atoms with Crippen LogP contribution in [-0.4, -0.2) is 12.0 Å². The monoisotopic (exact) mass is 274 g/mol. The lowest BCUT2D eigenvalue weighted by molar-refractivity contribution is 0.506. The fourth-order valence-corrected chi connectivity index (χ4v) is 2.79. The first-order valence-electron chi connectivity index (χ1n) is 6.76. The zero-order valence-electron chi connectivity index (χ0n) is 12.2. The van der Waals surface area contributed by atoms with Crippen LogP contribution in [0.3, 0.4) is 0 Å². The Balaban J connectivity index is 2.22. The van der Waals surface area contributed by atoms with Gasteiger partial charge in [-0.05, 0) is 24.4 Å². The van der Waals surface area contributed by atoms with Crippen molar-refractivity contribution >= 4 is 11.3 Å². The van der Waals surface area contributed by atoms with Gasteiger partial charge in [-0.2, -0.15) is 0 Å². The molecule has 0 saturated heterocycles. The Kier molecular flexibility index (Phi) is 4.38. The number of benzene rings is 1. The number of rotatable bonds is 5. The van der Waals surface area contributed by atoms with E-state index >= 15 is 0 Å². The summed E-state index contributed by atoms with van der Waals surface area (Å²) in [6.45, 7) is 7.65. The Hall–Kier alpha value is -1.19. The smallest absolute Gasteiger partial charge is 0.107 e. The van der Waals surface area contributed by atoms with Crippen LogP contribution >= 0.6 is 11.3 Å². The highest BCUT2D eigenvalue weighted by atomic mass is 32.1. The van der Waals surface area contributed by atoms with Gasteiger partial charge in [0.15, 0.2) is 0 Å². The third kappa shape index (κ3) is 3.23. The Morgan fingerprint density at radius 3 is 2.47 bits per heavy atom. The van der Waals surface area contributed by atoms with Crippen molar-refractivity contribution in [3.8, 4) is 11.3 Å². The van der Waals surface area contributed by atoms with Crippen molar-refractivity contribution < 1.29 is 0 Å². The molecule has 0 saturated carbocycles. The first-order valence-corrected chi connectivity index (χ1v) is 7.64. The summed E-state index contributed by atoms with van der Waals surface area (Å²) in [7, 11) is 1.95. The van der Waals surface area contributed by atoms with Crippen molar-refractivity contribution in [1.82, 2.24) is 10.3 Å². The van der Waals surface area contributed by atoms with Crippen LogP contribution in [0.1, 0.15) is 37.8 Å².